The molecule has 2 unspecified atom stereocenters. The predicted octanol–water partition coefficient (Wildman–Crippen LogP) is 4.14. The number of anilines is 1. The van der Waals surface area contributed by atoms with Gasteiger partial charge in [-0.1, -0.05) is 18.6 Å². The molecule has 0 saturated heterocycles. The van der Waals surface area contributed by atoms with Gasteiger partial charge in [-0.2, -0.15) is 13.2 Å². The van der Waals surface area contributed by atoms with E-state index in [2.05, 4.69) is 10.6 Å². The molecular formula is C16H22ClF3N2O. The van der Waals surface area contributed by atoms with Crippen molar-refractivity contribution in [2.24, 2.45) is 11.8 Å². The Labute approximate surface area is 140 Å². The second-order valence-electron chi connectivity index (χ2n) is 5.82. The lowest BCUT2D eigenvalue weighted by atomic mass is 9.80. The zero-order valence-electron chi connectivity index (χ0n) is 13.0. The van der Waals surface area contributed by atoms with E-state index in [4.69, 9.17) is 0 Å². The van der Waals surface area contributed by atoms with Crippen LogP contribution in [0.4, 0.5) is 18.9 Å². The zero-order chi connectivity index (χ0) is 16.2. The second-order valence-corrected chi connectivity index (χ2v) is 5.82. The van der Waals surface area contributed by atoms with Crippen molar-refractivity contribution in [2.75, 3.05) is 12.4 Å². The van der Waals surface area contributed by atoms with Crippen LogP contribution in [0.15, 0.2) is 24.3 Å². The van der Waals surface area contributed by atoms with E-state index < -0.39 is 18.0 Å². The largest absolute Gasteiger partial charge is 0.391 e. The van der Waals surface area contributed by atoms with Gasteiger partial charge in [0.05, 0.1) is 5.92 Å². The first-order valence-electron chi connectivity index (χ1n) is 7.51. The summed E-state index contributed by atoms with van der Waals surface area (Å²) in [6, 6.07) is 7.33. The van der Waals surface area contributed by atoms with Crippen LogP contribution in [0.3, 0.4) is 0 Å². The van der Waals surface area contributed by atoms with Gasteiger partial charge in [0, 0.05) is 18.2 Å². The maximum Gasteiger partial charge on any atom is 0.391 e. The second kappa shape index (κ2) is 8.55. The van der Waals surface area contributed by atoms with E-state index in [1.807, 2.05) is 25.2 Å². The highest BCUT2D eigenvalue weighted by molar-refractivity contribution is 5.92. The van der Waals surface area contributed by atoms with Gasteiger partial charge >= 0.3 is 6.18 Å². The van der Waals surface area contributed by atoms with Crippen molar-refractivity contribution in [3.63, 3.8) is 0 Å². The van der Waals surface area contributed by atoms with Crippen LogP contribution in [0.1, 0.15) is 31.2 Å². The smallest absolute Gasteiger partial charge is 0.326 e. The van der Waals surface area contributed by atoms with Crippen LogP contribution in [0.5, 0.6) is 0 Å². The van der Waals surface area contributed by atoms with Gasteiger partial charge in [0.25, 0.3) is 0 Å². The summed E-state index contributed by atoms with van der Waals surface area (Å²) < 4.78 is 38.4. The van der Waals surface area contributed by atoms with E-state index in [1.165, 1.54) is 0 Å². The van der Waals surface area contributed by atoms with E-state index in [0.29, 0.717) is 25.1 Å². The van der Waals surface area contributed by atoms with Crippen LogP contribution < -0.4 is 10.6 Å². The number of alkyl halides is 3. The van der Waals surface area contributed by atoms with Gasteiger partial charge in [-0.15, -0.1) is 12.4 Å². The van der Waals surface area contributed by atoms with E-state index in [-0.39, 0.29) is 31.2 Å². The van der Waals surface area contributed by atoms with Crippen LogP contribution in [0.25, 0.3) is 0 Å². The van der Waals surface area contributed by atoms with E-state index in [9.17, 15) is 18.0 Å². The molecule has 1 aliphatic rings. The lowest BCUT2D eigenvalue weighted by Crippen LogP contribution is -2.34. The van der Waals surface area contributed by atoms with Gasteiger partial charge in [-0.25, -0.2) is 0 Å². The molecule has 1 fully saturated rings. The van der Waals surface area contributed by atoms with Crippen LogP contribution >= 0.6 is 12.4 Å². The number of carbonyl (C=O) groups excluding carboxylic acids is 1. The monoisotopic (exact) mass is 350 g/mol. The Morgan fingerprint density at radius 3 is 2.70 bits per heavy atom. The minimum absolute atomic E-state index is 0. The Hall–Kier alpha value is -1.27. The van der Waals surface area contributed by atoms with Crippen molar-refractivity contribution < 1.29 is 18.0 Å². The number of hydrogen-bond donors (Lipinski definition) is 2. The number of nitrogens with one attached hydrogen (secondary N) is 2. The van der Waals surface area contributed by atoms with Crippen molar-refractivity contribution >= 4 is 24.0 Å². The van der Waals surface area contributed by atoms with Gasteiger partial charge in [-0.05, 0) is 44.0 Å². The summed E-state index contributed by atoms with van der Waals surface area (Å²) in [5.41, 5.74) is 1.64. The molecule has 1 aromatic carbocycles. The Balaban J connectivity index is 0.00000264. The first kappa shape index (κ1) is 19.8. The summed E-state index contributed by atoms with van der Waals surface area (Å²) in [7, 11) is 1.82. The molecule has 0 aromatic heterocycles. The third kappa shape index (κ3) is 5.70. The van der Waals surface area contributed by atoms with Crippen molar-refractivity contribution in [1.29, 1.82) is 0 Å². The number of hydrogen-bond acceptors (Lipinski definition) is 2. The van der Waals surface area contributed by atoms with Crippen LogP contribution in [0, 0.1) is 11.8 Å². The highest BCUT2D eigenvalue weighted by Crippen LogP contribution is 2.40. The quantitative estimate of drug-likeness (QED) is 0.857. The molecule has 1 aromatic rings. The van der Waals surface area contributed by atoms with E-state index in [1.54, 1.807) is 6.07 Å². The first-order valence-corrected chi connectivity index (χ1v) is 7.51. The Kier molecular flexibility index (Phi) is 7.35. The van der Waals surface area contributed by atoms with Gasteiger partial charge in [0.1, 0.15) is 0 Å². The molecule has 0 aliphatic heterocycles. The molecule has 7 heteroatoms. The number of halogens is 4. The SMILES string of the molecule is CNCc1cccc(NC(=O)C2CCCC(C(F)(F)F)C2)c1.Cl. The van der Waals surface area contributed by atoms with E-state index in [0.717, 1.165) is 5.56 Å². The Morgan fingerprint density at radius 1 is 1.30 bits per heavy atom. The molecule has 0 heterocycles. The fourth-order valence-electron chi connectivity index (χ4n) is 2.93. The summed E-state index contributed by atoms with van der Waals surface area (Å²) in [4.78, 5) is 12.2. The molecular weight excluding hydrogens is 329 g/mol. The maximum atomic E-state index is 12.8. The molecule has 3 nitrogen and oxygen atoms in total. The average Bonchev–Trinajstić information content (AvgIpc) is 2.47. The van der Waals surface area contributed by atoms with Crippen LogP contribution in [-0.4, -0.2) is 19.1 Å². The molecule has 0 bridgehead atoms. The van der Waals surface area contributed by atoms with Gasteiger partial charge < -0.3 is 10.6 Å². The molecule has 2 atom stereocenters. The summed E-state index contributed by atoms with van der Waals surface area (Å²) in [5, 5.41) is 5.76. The lowest BCUT2D eigenvalue weighted by molar-refractivity contribution is -0.185. The summed E-state index contributed by atoms with van der Waals surface area (Å²) in [6.07, 6.45) is -3.21. The normalized spacial score (nSPS) is 21.4. The van der Waals surface area contributed by atoms with Crippen LogP contribution in [-0.2, 0) is 11.3 Å². The Bertz CT molecular complexity index is 522. The lowest BCUT2D eigenvalue weighted by Gasteiger charge is -2.29. The number of rotatable bonds is 4. The summed E-state index contributed by atoms with van der Waals surface area (Å²) >= 11 is 0. The number of carbonyl (C=O) groups is 1. The van der Waals surface area contributed by atoms with Crippen molar-refractivity contribution in [2.45, 2.75) is 38.4 Å². The highest BCUT2D eigenvalue weighted by Gasteiger charge is 2.43. The van der Waals surface area contributed by atoms with Crippen molar-refractivity contribution in [3.8, 4) is 0 Å². The number of benzene rings is 1. The van der Waals surface area contributed by atoms with Gasteiger partial charge in [0.2, 0.25) is 5.91 Å². The molecule has 1 saturated carbocycles. The fraction of sp³-hybridized carbons (Fsp3) is 0.562. The standard InChI is InChI=1S/C16H21F3N2O.ClH/c1-20-10-11-4-2-7-14(8-11)21-15(22)12-5-3-6-13(9-12)16(17,18)19;/h2,4,7-8,12-13,20H,3,5-6,9-10H2,1H3,(H,21,22);1H. The first-order chi connectivity index (χ1) is 10.4. The number of amides is 1. The third-order valence-corrected chi connectivity index (χ3v) is 4.08. The predicted molar refractivity (Wildman–Crippen MR) is 86.6 cm³/mol. The molecule has 0 spiro atoms. The van der Waals surface area contributed by atoms with Crippen molar-refractivity contribution in [3.05, 3.63) is 29.8 Å². The third-order valence-electron chi connectivity index (χ3n) is 4.08. The molecule has 23 heavy (non-hydrogen) atoms. The van der Waals surface area contributed by atoms with Gasteiger partial charge in [0.15, 0.2) is 0 Å². The molecule has 0 radical (unpaired) electrons. The maximum absolute atomic E-state index is 12.8. The topological polar surface area (TPSA) is 41.1 Å². The Morgan fingerprint density at radius 2 is 2.04 bits per heavy atom. The fourth-order valence-corrected chi connectivity index (χ4v) is 2.93. The molecule has 2 N–H and O–H groups in total. The minimum Gasteiger partial charge on any atom is -0.326 e. The summed E-state index contributed by atoms with van der Waals surface area (Å²) in [5.74, 6) is -2.23. The molecule has 1 amide bonds. The molecule has 1 aliphatic carbocycles. The minimum atomic E-state index is -4.20. The summed E-state index contributed by atoms with van der Waals surface area (Å²) in [6.45, 7) is 0.670. The average molecular weight is 351 g/mol. The zero-order valence-corrected chi connectivity index (χ0v) is 13.8. The highest BCUT2D eigenvalue weighted by atomic mass is 35.5. The van der Waals surface area contributed by atoms with Crippen LogP contribution in [0.2, 0.25) is 0 Å². The molecule has 2 rings (SSSR count). The van der Waals surface area contributed by atoms with E-state index >= 15 is 0 Å². The van der Waals surface area contributed by atoms with Crippen molar-refractivity contribution in [1.82, 2.24) is 5.32 Å². The molecule has 130 valence electrons. The van der Waals surface area contributed by atoms with Gasteiger partial charge in [-0.3, -0.25) is 4.79 Å².